The largest absolute Gasteiger partial charge is 0.445 e. The van der Waals surface area contributed by atoms with E-state index in [-0.39, 0.29) is 12.6 Å². The van der Waals surface area contributed by atoms with Gasteiger partial charge in [0, 0.05) is 7.11 Å². The Hall–Kier alpha value is -1.81. The number of hydrogen-bond donors (Lipinski definition) is 1. The van der Waals surface area contributed by atoms with Crippen LogP contribution in [0.4, 0.5) is 4.79 Å². The van der Waals surface area contributed by atoms with Crippen LogP contribution < -0.4 is 5.32 Å². The van der Waals surface area contributed by atoms with Crippen molar-refractivity contribution in [2.24, 2.45) is 0 Å². The molecule has 0 saturated heterocycles. The standard InChI is InChI=1S/C16H23NO3/c1-5-11-16(3,19-4)13(2)17-15(18)20-12-14-9-7-6-8-10-14/h5-10,13H,1,11-12H2,2-4H3,(H,17,18). The molecular weight excluding hydrogens is 254 g/mol. The molecule has 1 amide bonds. The maximum Gasteiger partial charge on any atom is 0.407 e. The first kappa shape index (κ1) is 16.2. The van der Waals surface area contributed by atoms with E-state index in [1.165, 1.54) is 0 Å². The van der Waals surface area contributed by atoms with Crippen LogP contribution in [0.1, 0.15) is 25.8 Å². The van der Waals surface area contributed by atoms with Gasteiger partial charge in [-0.15, -0.1) is 6.58 Å². The lowest BCUT2D eigenvalue weighted by Crippen LogP contribution is -2.50. The third-order valence-electron chi connectivity index (χ3n) is 3.48. The Morgan fingerprint density at radius 2 is 2.10 bits per heavy atom. The summed E-state index contributed by atoms with van der Waals surface area (Å²) in [7, 11) is 1.62. The zero-order chi connectivity index (χ0) is 15.0. The average molecular weight is 277 g/mol. The summed E-state index contributed by atoms with van der Waals surface area (Å²) in [6, 6.07) is 9.37. The Morgan fingerprint density at radius 1 is 1.45 bits per heavy atom. The van der Waals surface area contributed by atoms with E-state index in [0.29, 0.717) is 6.42 Å². The van der Waals surface area contributed by atoms with Gasteiger partial charge < -0.3 is 14.8 Å². The van der Waals surface area contributed by atoms with Gasteiger partial charge in [0.2, 0.25) is 0 Å². The fourth-order valence-corrected chi connectivity index (χ4v) is 1.82. The summed E-state index contributed by atoms with van der Waals surface area (Å²) < 4.78 is 10.6. The lowest BCUT2D eigenvalue weighted by Gasteiger charge is -2.33. The zero-order valence-electron chi connectivity index (χ0n) is 12.4. The van der Waals surface area contributed by atoms with Crippen LogP contribution >= 0.6 is 0 Å². The molecular formula is C16H23NO3. The van der Waals surface area contributed by atoms with E-state index in [4.69, 9.17) is 9.47 Å². The third kappa shape index (κ3) is 4.70. The number of benzene rings is 1. The lowest BCUT2D eigenvalue weighted by atomic mass is 9.94. The molecule has 110 valence electrons. The minimum Gasteiger partial charge on any atom is -0.445 e. The summed E-state index contributed by atoms with van der Waals surface area (Å²) in [5, 5.41) is 2.79. The molecule has 1 aromatic carbocycles. The second-order valence-electron chi connectivity index (χ2n) is 4.94. The van der Waals surface area contributed by atoms with Crippen molar-refractivity contribution in [3.05, 3.63) is 48.6 Å². The van der Waals surface area contributed by atoms with Gasteiger partial charge >= 0.3 is 6.09 Å². The van der Waals surface area contributed by atoms with Crippen molar-refractivity contribution in [2.75, 3.05) is 7.11 Å². The normalized spacial score (nSPS) is 14.9. The van der Waals surface area contributed by atoms with Crippen molar-refractivity contribution < 1.29 is 14.3 Å². The number of alkyl carbamates (subject to hydrolysis) is 1. The smallest absolute Gasteiger partial charge is 0.407 e. The number of amides is 1. The fourth-order valence-electron chi connectivity index (χ4n) is 1.82. The van der Waals surface area contributed by atoms with Gasteiger partial charge in [-0.05, 0) is 25.8 Å². The van der Waals surface area contributed by atoms with Crippen molar-refractivity contribution in [3.63, 3.8) is 0 Å². The Labute approximate surface area is 120 Å². The zero-order valence-corrected chi connectivity index (χ0v) is 12.4. The first-order valence-corrected chi connectivity index (χ1v) is 6.65. The predicted octanol–water partition coefficient (Wildman–Crippen LogP) is 3.28. The van der Waals surface area contributed by atoms with E-state index >= 15 is 0 Å². The molecule has 20 heavy (non-hydrogen) atoms. The molecule has 0 aromatic heterocycles. The molecule has 1 rings (SSSR count). The molecule has 0 aliphatic heterocycles. The van der Waals surface area contributed by atoms with E-state index in [0.717, 1.165) is 5.56 Å². The van der Waals surface area contributed by atoms with Crippen LogP contribution in [0.2, 0.25) is 0 Å². The lowest BCUT2D eigenvalue weighted by molar-refractivity contribution is -0.0186. The highest BCUT2D eigenvalue weighted by Gasteiger charge is 2.31. The molecule has 0 heterocycles. The van der Waals surface area contributed by atoms with Gasteiger partial charge in [0.15, 0.2) is 0 Å². The Morgan fingerprint density at radius 3 is 2.65 bits per heavy atom. The molecule has 0 aliphatic carbocycles. The first-order chi connectivity index (χ1) is 9.51. The molecule has 0 aliphatic rings. The number of carbonyl (C=O) groups excluding carboxylic acids is 1. The summed E-state index contributed by atoms with van der Waals surface area (Å²) in [4.78, 5) is 11.8. The van der Waals surface area contributed by atoms with Crippen molar-refractivity contribution >= 4 is 6.09 Å². The fraction of sp³-hybridized carbons (Fsp3) is 0.438. The van der Waals surface area contributed by atoms with Gasteiger partial charge in [0.05, 0.1) is 11.6 Å². The number of nitrogens with one attached hydrogen (secondary N) is 1. The van der Waals surface area contributed by atoms with Gasteiger partial charge in [-0.1, -0.05) is 36.4 Å². The SMILES string of the molecule is C=CCC(C)(OC)C(C)NC(=O)OCc1ccccc1. The third-order valence-corrected chi connectivity index (χ3v) is 3.48. The number of methoxy groups -OCH3 is 1. The van der Waals surface area contributed by atoms with E-state index in [9.17, 15) is 4.79 Å². The highest BCUT2D eigenvalue weighted by Crippen LogP contribution is 2.20. The highest BCUT2D eigenvalue weighted by atomic mass is 16.5. The first-order valence-electron chi connectivity index (χ1n) is 6.65. The van der Waals surface area contributed by atoms with Crippen LogP contribution in [-0.2, 0) is 16.1 Å². The van der Waals surface area contributed by atoms with E-state index in [1.54, 1.807) is 13.2 Å². The average Bonchev–Trinajstić information content (AvgIpc) is 2.46. The molecule has 2 atom stereocenters. The number of rotatable bonds is 7. The van der Waals surface area contributed by atoms with Crippen LogP contribution in [-0.4, -0.2) is 24.8 Å². The second kappa shape index (κ2) is 7.70. The van der Waals surface area contributed by atoms with Crippen LogP contribution in [0, 0.1) is 0 Å². The molecule has 0 radical (unpaired) electrons. The van der Waals surface area contributed by atoms with Gasteiger partial charge in [0.25, 0.3) is 0 Å². The number of hydrogen-bond acceptors (Lipinski definition) is 3. The van der Waals surface area contributed by atoms with Gasteiger partial charge in [-0.25, -0.2) is 4.79 Å². The molecule has 0 spiro atoms. The minimum absolute atomic E-state index is 0.186. The van der Waals surface area contributed by atoms with Gasteiger partial charge in [-0.2, -0.15) is 0 Å². The van der Waals surface area contributed by atoms with Gasteiger partial charge in [0.1, 0.15) is 6.61 Å². The van der Waals surface area contributed by atoms with E-state index < -0.39 is 11.7 Å². The van der Waals surface area contributed by atoms with E-state index in [2.05, 4.69) is 11.9 Å². The van der Waals surface area contributed by atoms with Gasteiger partial charge in [-0.3, -0.25) is 0 Å². The van der Waals surface area contributed by atoms with Crippen LogP contribution in [0.3, 0.4) is 0 Å². The Balaban J connectivity index is 2.47. The second-order valence-corrected chi connectivity index (χ2v) is 4.94. The molecule has 1 N–H and O–H groups in total. The maximum atomic E-state index is 11.8. The van der Waals surface area contributed by atoms with Crippen molar-refractivity contribution in [1.82, 2.24) is 5.32 Å². The number of carbonyl (C=O) groups is 1. The molecule has 2 unspecified atom stereocenters. The Bertz CT molecular complexity index is 433. The summed E-state index contributed by atoms with van der Waals surface area (Å²) in [6.07, 6.45) is 1.97. The van der Waals surface area contributed by atoms with Crippen LogP contribution in [0.25, 0.3) is 0 Å². The van der Waals surface area contributed by atoms with E-state index in [1.807, 2.05) is 44.2 Å². The monoisotopic (exact) mass is 277 g/mol. The molecule has 1 aromatic rings. The summed E-state index contributed by atoms with van der Waals surface area (Å²) in [5.41, 5.74) is 0.462. The molecule has 0 saturated carbocycles. The maximum absolute atomic E-state index is 11.8. The Kier molecular flexibility index (Phi) is 6.25. The minimum atomic E-state index is -0.493. The topological polar surface area (TPSA) is 47.6 Å². The predicted molar refractivity (Wildman–Crippen MR) is 79.5 cm³/mol. The van der Waals surface area contributed by atoms with Crippen molar-refractivity contribution in [2.45, 2.75) is 38.5 Å². The highest BCUT2D eigenvalue weighted by molar-refractivity contribution is 5.67. The summed E-state index contributed by atoms with van der Waals surface area (Å²) in [6.45, 7) is 7.77. The van der Waals surface area contributed by atoms with Crippen molar-refractivity contribution in [1.29, 1.82) is 0 Å². The molecule has 0 fully saturated rings. The van der Waals surface area contributed by atoms with Crippen molar-refractivity contribution in [3.8, 4) is 0 Å². The summed E-state index contributed by atoms with van der Waals surface area (Å²) >= 11 is 0. The molecule has 4 heteroatoms. The van der Waals surface area contributed by atoms with Crippen LogP contribution in [0.15, 0.2) is 43.0 Å². The summed E-state index contributed by atoms with van der Waals surface area (Å²) in [5.74, 6) is 0. The molecule has 0 bridgehead atoms. The quantitative estimate of drug-likeness (QED) is 0.778. The number of ether oxygens (including phenoxy) is 2. The van der Waals surface area contributed by atoms with Crippen LogP contribution in [0.5, 0.6) is 0 Å². The molecule has 4 nitrogen and oxygen atoms in total.